The fourth-order valence-corrected chi connectivity index (χ4v) is 7.01. The average Bonchev–Trinajstić information content (AvgIpc) is 3.24. The van der Waals surface area contributed by atoms with Gasteiger partial charge >= 0.3 is 5.97 Å². The van der Waals surface area contributed by atoms with Crippen molar-refractivity contribution < 1.29 is 23.9 Å². The molecule has 1 heterocycles. The van der Waals surface area contributed by atoms with Gasteiger partial charge in [-0.2, -0.15) is 0 Å². The van der Waals surface area contributed by atoms with Gasteiger partial charge in [0.15, 0.2) is 0 Å². The van der Waals surface area contributed by atoms with E-state index in [4.69, 9.17) is 10.5 Å². The van der Waals surface area contributed by atoms with Crippen molar-refractivity contribution in [1.29, 1.82) is 0 Å². The summed E-state index contributed by atoms with van der Waals surface area (Å²) in [6, 6.07) is -1.57. The molecule has 0 aromatic carbocycles. The molecule has 4 bridgehead atoms. The number of carbonyl (C=O) groups excluding carboxylic acids is 4. The van der Waals surface area contributed by atoms with Crippen molar-refractivity contribution in [3.05, 3.63) is 0 Å². The molecule has 5 rings (SSSR count). The van der Waals surface area contributed by atoms with Crippen LogP contribution in [0.1, 0.15) is 64.2 Å². The second-order valence-electron chi connectivity index (χ2n) is 10.3. The van der Waals surface area contributed by atoms with Crippen LogP contribution in [0.3, 0.4) is 0 Å². The molecule has 4 aliphatic carbocycles. The van der Waals surface area contributed by atoms with Crippen molar-refractivity contribution in [3.8, 4) is 0 Å². The lowest BCUT2D eigenvalue weighted by Gasteiger charge is -2.57. The van der Waals surface area contributed by atoms with Gasteiger partial charge < -0.3 is 26.0 Å². The average molecular weight is 449 g/mol. The molecular formula is C23H36N4O5. The van der Waals surface area contributed by atoms with Crippen molar-refractivity contribution in [2.75, 3.05) is 20.2 Å². The molecule has 9 heteroatoms. The number of carbonyl (C=O) groups is 4. The van der Waals surface area contributed by atoms with Crippen LogP contribution >= 0.6 is 0 Å². The van der Waals surface area contributed by atoms with Crippen molar-refractivity contribution >= 4 is 23.7 Å². The lowest BCUT2D eigenvalue weighted by atomic mass is 9.53. The third-order valence-electron chi connectivity index (χ3n) is 7.96. The first kappa shape index (κ1) is 23.0. The fraction of sp³-hybridized carbons (Fsp3) is 0.826. The van der Waals surface area contributed by atoms with E-state index in [0.717, 1.165) is 37.0 Å². The molecule has 0 spiro atoms. The normalized spacial score (nSPS) is 33.6. The first-order chi connectivity index (χ1) is 15.3. The number of nitrogens with one attached hydrogen (secondary N) is 2. The standard InChI is InChI=1S/C23H36N4O5/c1-32-22(31)17(25-21(30)18-3-2-6-27(18)20(29)13-24)4-5-19(28)26-23-10-14-7-15(11-23)9-16(8-14)12-23/h14-18H,2-13,24H2,1H3,(H,25,30)(H,26,28)/t14?,15?,16?,17-,18-,23?/m0/s1. The SMILES string of the molecule is COC(=O)[C@H](CCC(=O)NC12CC3CC(CC(C3)C1)C2)NC(=O)[C@@H]1CCCN1C(=O)CN. The van der Waals surface area contributed by atoms with E-state index in [2.05, 4.69) is 10.6 Å². The number of hydrogen-bond donors (Lipinski definition) is 3. The van der Waals surface area contributed by atoms with Crippen LogP contribution in [0, 0.1) is 17.8 Å². The highest BCUT2D eigenvalue weighted by Crippen LogP contribution is 2.55. The number of hydrogen-bond acceptors (Lipinski definition) is 6. The molecule has 4 saturated carbocycles. The van der Waals surface area contributed by atoms with E-state index in [9.17, 15) is 19.2 Å². The number of nitrogens with two attached hydrogens (primary N) is 1. The molecule has 0 unspecified atom stereocenters. The fourth-order valence-electron chi connectivity index (χ4n) is 7.01. The summed E-state index contributed by atoms with van der Waals surface area (Å²) in [7, 11) is 1.26. The van der Waals surface area contributed by atoms with Crippen LogP contribution in [-0.4, -0.2) is 66.4 Å². The molecule has 0 aromatic rings. The van der Waals surface area contributed by atoms with Crippen LogP contribution in [-0.2, 0) is 23.9 Å². The number of rotatable bonds is 8. The lowest BCUT2D eigenvalue weighted by Crippen LogP contribution is -2.60. The predicted octanol–water partition coefficient (Wildman–Crippen LogP) is 0.459. The molecular weight excluding hydrogens is 412 g/mol. The summed E-state index contributed by atoms with van der Waals surface area (Å²) in [5.41, 5.74) is 5.37. The van der Waals surface area contributed by atoms with Crippen LogP contribution in [0.5, 0.6) is 0 Å². The summed E-state index contributed by atoms with van der Waals surface area (Å²) in [4.78, 5) is 51.4. The van der Waals surface area contributed by atoms with Crippen LogP contribution in [0.2, 0.25) is 0 Å². The Morgan fingerprint density at radius 2 is 1.72 bits per heavy atom. The molecule has 2 atom stereocenters. The summed E-state index contributed by atoms with van der Waals surface area (Å²) in [6.45, 7) is 0.319. The molecule has 1 saturated heterocycles. The summed E-state index contributed by atoms with van der Waals surface area (Å²) in [5.74, 6) is 0.845. The summed E-state index contributed by atoms with van der Waals surface area (Å²) in [5, 5.41) is 6.01. The Balaban J connectivity index is 1.32. The summed E-state index contributed by atoms with van der Waals surface area (Å²) < 4.78 is 4.85. The minimum absolute atomic E-state index is 0.0732. The quantitative estimate of drug-likeness (QED) is 0.463. The van der Waals surface area contributed by atoms with Gasteiger partial charge in [0.05, 0.1) is 13.7 Å². The zero-order valence-corrected chi connectivity index (χ0v) is 18.9. The van der Waals surface area contributed by atoms with E-state index in [0.29, 0.717) is 19.4 Å². The van der Waals surface area contributed by atoms with Gasteiger partial charge in [0.25, 0.3) is 0 Å². The van der Waals surface area contributed by atoms with E-state index in [1.165, 1.54) is 31.3 Å². The number of ether oxygens (including phenoxy) is 1. The van der Waals surface area contributed by atoms with Crippen LogP contribution in [0.25, 0.3) is 0 Å². The molecule has 4 N–H and O–H groups in total. The van der Waals surface area contributed by atoms with Crippen molar-refractivity contribution in [2.45, 2.75) is 81.8 Å². The number of likely N-dealkylation sites (tertiary alicyclic amines) is 1. The number of nitrogens with zero attached hydrogens (tertiary/aromatic N) is 1. The third-order valence-corrected chi connectivity index (χ3v) is 7.96. The Morgan fingerprint density at radius 1 is 1.09 bits per heavy atom. The Labute approximate surface area is 189 Å². The monoisotopic (exact) mass is 448 g/mol. The van der Waals surface area contributed by atoms with Crippen molar-refractivity contribution in [1.82, 2.24) is 15.5 Å². The highest BCUT2D eigenvalue weighted by Gasteiger charge is 2.51. The second kappa shape index (κ2) is 9.37. The molecule has 5 aliphatic rings. The van der Waals surface area contributed by atoms with Crippen molar-refractivity contribution in [3.63, 3.8) is 0 Å². The van der Waals surface area contributed by atoms with Gasteiger partial charge in [0.2, 0.25) is 17.7 Å². The van der Waals surface area contributed by atoms with Gasteiger partial charge in [0.1, 0.15) is 12.1 Å². The Hall–Kier alpha value is -2.16. The maximum Gasteiger partial charge on any atom is 0.328 e. The molecule has 1 aliphatic heterocycles. The summed E-state index contributed by atoms with van der Waals surface area (Å²) >= 11 is 0. The number of methoxy groups -OCH3 is 1. The predicted molar refractivity (Wildman–Crippen MR) is 116 cm³/mol. The van der Waals surface area contributed by atoms with Crippen molar-refractivity contribution in [2.24, 2.45) is 23.5 Å². The minimum Gasteiger partial charge on any atom is -0.467 e. The van der Waals surface area contributed by atoms with Gasteiger partial charge in [-0.25, -0.2) is 4.79 Å². The molecule has 0 aromatic heterocycles. The van der Waals surface area contributed by atoms with E-state index in [-0.39, 0.29) is 36.7 Å². The topological polar surface area (TPSA) is 131 Å². The highest BCUT2D eigenvalue weighted by atomic mass is 16.5. The van der Waals surface area contributed by atoms with Gasteiger partial charge in [-0.15, -0.1) is 0 Å². The molecule has 178 valence electrons. The zero-order chi connectivity index (χ0) is 22.9. The molecule has 0 radical (unpaired) electrons. The minimum atomic E-state index is -0.926. The zero-order valence-electron chi connectivity index (χ0n) is 18.9. The van der Waals surface area contributed by atoms with Gasteiger partial charge in [-0.1, -0.05) is 0 Å². The van der Waals surface area contributed by atoms with Crippen LogP contribution in [0.15, 0.2) is 0 Å². The van der Waals surface area contributed by atoms with Gasteiger partial charge in [-0.3, -0.25) is 14.4 Å². The van der Waals surface area contributed by atoms with Crippen LogP contribution in [0.4, 0.5) is 0 Å². The van der Waals surface area contributed by atoms with E-state index >= 15 is 0 Å². The van der Waals surface area contributed by atoms with E-state index < -0.39 is 24.0 Å². The third kappa shape index (κ3) is 4.77. The molecule has 3 amide bonds. The maximum absolute atomic E-state index is 12.8. The first-order valence-electron chi connectivity index (χ1n) is 12.0. The molecule has 5 fully saturated rings. The molecule has 32 heavy (non-hydrogen) atoms. The smallest absolute Gasteiger partial charge is 0.328 e. The Morgan fingerprint density at radius 3 is 2.28 bits per heavy atom. The second-order valence-corrected chi connectivity index (χ2v) is 10.3. The van der Waals surface area contributed by atoms with E-state index in [1.807, 2.05) is 0 Å². The Bertz CT molecular complexity index is 734. The Kier molecular flexibility index (Phi) is 6.74. The number of esters is 1. The van der Waals surface area contributed by atoms with Crippen LogP contribution < -0.4 is 16.4 Å². The largest absolute Gasteiger partial charge is 0.467 e. The lowest BCUT2D eigenvalue weighted by molar-refractivity contribution is -0.146. The van der Waals surface area contributed by atoms with Gasteiger partial charge in [-0.05, 0) is 75.5 Å². The molecule has 9 nitrogen and oxygen atoms in total. The number of amides is 3. The highest BCUT2D eigenvalue weighted by molar-refractivity contribution is 5.91. The first-order valence-corrected chi connectivity index (χ1v) is 12.0. The maximum atomic E-state index is 12.8. The van der Waals surface area contributed by atoms with E-state index in [1.54, 1.807) is 0 Å². The van der Waals surface area contributed by atoms with Gasteiger partial charge in [0, 0.05) is 18.5 Å². The summed E-state index contributed by atoms with van der Waals surface area (Å²) in [6.07, 6.45) is 8.63.